The number of hydrogen-bond acceptors (Lipinski definition) is 2. The number of nitrogens with one attached hydrogen (secondary N) is 1. The van der Waals surface area contributed by atoms with Crippen LogP contribution < -0.4 is 5.32 Å². The van der Waals surface area contributed by atoms with Gasteiger partial charge in [0.1, 0.15) is 0 Å². The highest BCUT2D eigenvalue weighted by atomic mass is 14.9. The van der Waals surface area contributed by atoms with Gasteiger partial charge >= 0.3 is 0 Å². The Balaban J connectivity index is 2.26. The van der Waals surface area contributed by atoms with Crippen molar-refractivity contribution in [1.29, 1.82) is 0 Å². The Bertz CT molecular complexity index is 506. The molecule has 18 heavy (non-hydrogen) atoms. The summed E-state index contributed by atoms with van der Waals surface area (Å²) in [5, 5.41) is 3.41. The standard InChI is InChI=1S/C16H20N2/c1-12-6-4-8-15(13(12)2)16(17-3)10-14-7-5-9-18-11-14/h4-9,11,16-17H,10H2,1-3H3. The lowest BCUT2D eigenvalue weighted by Crippen LogP contribution is -2.20. The summed E-state index contributed by atoms with van der Waals surface area (Å²) in [6.07, 6.45) is 4.72. The van der Waals surface area contributed by atoms with Gasteiger partial charge in [0.25, 0.3) is 0 Å². The van der Waals surface area contributed by atoms with Crippen molar-refractivity contribution in [2.24, 2.45) is 0 Å². The van der Waals surface area contributed by atoms with Crippen molar-refractivity contribution >= 4 is 0 Å². The van der Waals surface area contributed by atoms with Crippen molar-refractivity contribution in [2.75, 3.05) is 7.05 Å². The third-order valence-electron chi connectivity index (χ3n) is 3.53. The molecular formula is C16H20N2. The molecule has 1 atom stereocenters. The molecule has 1 aromatic carbocycles. The fourth-order valence-corrected chi connectivity index (χ4v) is 2.27. The summed E-state index contributed by atoms with van der Waals surface area (Å²) >= 11 is 0. The van der Waals surface area contributed by atoms with Crippen LogP contribution in [0.4, 0.5) is 0 Å². The van der Waals surface area contributed by atoms with E-state index in [2.05, 4.69) is 48.4 Å². The Hall–Kier alpha value is -1.67. The minimum atomic E-state index is 0.342. The molecule has 0 aliphatic heterocycles. The number of hydrogen-bond donors (Lipinski definition) is 1. The fraction of sp³-hybridized carbons (Fsp3) is 0.312. The van der Waals surface area contributed by atoms with Crippen molar-refractivity contribution in [3.05, 3.63) is 65.0 Å². The van der Waals surface area contributed by atoms with Gasteiger partial charge in [-0.2, -0.15) is 0 Å². The largest absolute Gasteiger partial charge is 0.313 e. The zero-order chi connectivity index (χ0) is 13.0. The van der Waals surface area contributed by atoms with Crippen molar-refractivity contribution in [3.8, 4) is 0 Å². The van der Waals surface area contributed by atoms with E-state index in [0.717, 1.165) is 6.42 Å². The van der Waals surface area contributed by atoms with Gasteiger partial charge in [-0.05, 0) is 55.6 Å². The summed E-state index contributed by atoms with van der Waals surface area (Å²) in [5.41, 5.74) is 5.36. The van der Waals surface area contributed by atoms with Crippen LogP contribution in [0.5, 0.6) is 0 Å². The predicted octanol–water partition coefficient (Wildman–Crippen LogP) is 3.20. The normalized spacial score (nSPS) is 12.4. The van der Waals surface area contributed by atoms with E-state index in [1.807, 2.05) is 25.5 Å². The molecule has 2 rings (SSSR count). The molecule has 2 nitrogen and oxygen atoms in total. The maximum Gasteiger partial charge on any atom is 0.0361 e. The van der Waals surface area contributed by atoms with Crippen LogP contribution in [0.2, 0.25) is 0 Å². The molecular weight excluding hydrogens is 220 g/mol. The molecule has 1 N–H and O–H groups in total. The van der Waals surface area contributed by atoms with Crippen LogP contribution in [0.1, 0.15) is 28.3 Å². The van der Waals surface area contributed by atoms with E-state index in [0.29, 0.717) is 6.04 Å². The molecule has 0 amide bonds. The lowest BCUT2D eigenvalue weighted by Gasteiger charge is -2.20. The highest BCUT2D eigenvalue weighted by molar-refractivity contribution is 5.36. The average Bonchev–Trinajstić information content (AvgIpc) is 2.41. The zero-order valence-corrected chi connectivity index (χ0v) is 11.3. The molecule has 0 aliphatic rings. The molecule has 0 spiro atoms. The Morgan fingerprint density at radius 3 is 2.67 bits per heavy atom. The van der Waals surface area contributed by atoms with E-state index in [4.69, 9.17) is 0 Å². The van der Waals surface area contributed by atoms with Gasteiger partial charge < -0.3 is 5.32 Å². The van der Waals surface area contributed by atoms with Crippen molar-refractivity contribution in [1.82, 2.24) is 10.3 Å². The zero-order valence-electron chi connectivity index (χ0n) is 11.3. The predicted molar refractivity (Wildman–Crippen MR) is 75.7 cm³/mol. The number of nitrogens with zero attached hydrogens (tertiary/aromatic N) is 1. The maximum atomic E-state index is 4.18. The van der Waals surface area contributed by atoms with Crippen LogP contribution >= 0.6 is 0 Å². The molecule has 0 radical (unpaired) electrons. The van der Waals surface area contributed by atoms with Gasteiger partial charge in [-0.25, -0.2) is 0 Å². The monoisotopic (exact) mass is 240 g/mol. The second-order valence-corrected chi connectivity index (χ2v) is 4.70. The smallest absolute Gasteiger partial charge is 0.0361 e. The summed E-state index contributed by atoms with van der Waals surface area (Å²) in [6.45, 7) is 4.36. The number of aryl methyl sites for hydroxylation is 1. The molecule has 0 aliphatic carbocycles. The molecule has 0 saturated carbocycles. The Morgan fingerprint density at radius 2 is 2.00 bits per heavy atom. The number of rotatable bonds is 4. The number of pyridine rings is 1. The highest BCUT2D eigenvalue weighted by Gasteiger charge is 2.13. The van der Waals surface area contributed by atoms with Gasteiger partial charge in [-0.3, -0.25) is 4.98 Å². The van der Waals surface area contributed by atoms with Gasteiger partial charge in [-0.1, -0.05) is 24.3 Å². The van der Waals surface area contributed by atoms with E-state index >= 15 is 0 Å². The SMILES string of the molecule is CNC(Cc1cccnc1)c1cccc(C)c1C. The van der Waals surface area contributed by atoms with Gasteiger partial charge in [-0.15, -0.1) is 0 Å². The maximum absolute atomic E-state index is 4.18. The average molecular weight is 240 g/mol. The summed E-state index contributed by atoms with van der Waals surface area (Å²) in [7, 11) is 2.02. The van der Waals surface area contributed by atoms with Gasteiger partial charge in [0.05, 0.1) is 0 Å². The lowest BCUT2D eigenvalue weighted by molar-refractivity contribution is 0.587. The second kappa shape index (κ2) is 5.78. The number of aromatic nitrogens is 1. The van der Waals surface area contributed by atoms with E-state index in [1.165, 1.54) is 22.3 Å². The molecule has 0 bridgehead atoms. The third kappa shape index (κ3) is 2.77. The molecule has 0 fully saturated rings. The Labute approximate surface area is 109 Å². The van der Waals surface area contributed by atoms with Crippen LogP contribution in [0.15, 0.2) is 42.7 Å². The molecule has 1 heterocycles. The van der Waals surface area contributed by atoms with Gasteiger partial charge in [0.15, 0.2) is 0 Å². The number of likely N-dealkylation sites (N-methyl/N-ethyl adjacent to an activating group) is 1. The molecule has 0 saturated heterocycles. The first-order chi connectivity index (χ1) is 8.72. The highest BCUT2D eigenvalue weighted by Crippen LogP contribution is 2.23. The van der Waals surface area contributed by atoms with Crippen LogP contribution in [0.25, 0.3) is 0 Å². The van der Waals surface area contributed by atoms with Crippen LogP contribution in [-0.2, 0) is 6.42 Å². The summed E-state index contributed by atoms with van der Waals surface area (Å²) in [5.74, 6) is 0. The van der Waals surface area contributed by atoms with E-state index < -0.39 is 0 Å². The number of benzene rings is 1. The molecule has 94 valence electrons. The summed E-state index contributed by atoms with van der Waals surface area (Å²) < 4.78 is 0. The Morgan fingerprint density at radius 1 is 1.17 bits per heavy atom. The minimum Gasteiger partial charge on any atom is -0.313 e. The quantitative estimate of drug-likeness (QED) is 0.887. The van der Waals surface area contributed by atoms with Crippen LogP contribution in [0, 0.1) is 13.8 Å². The van der Waals surface area contributed by atoms with Crippen molar-refractivity contribution in [2.45, 2.75) is 26.3 Å². The summed E-state index contributed by atoms with van der Waals surface area (Å²) in [4.78, 5) is 4.18. The first-order valence-electron chi connectivity index (χ1n) is 6.34. The minimum absolute atomic E-state index is 0.342. The first kappa shape index (κ1) is 12.8. The van der Waals surface area contributed by atoms with Gasteiger partial charge in [0.2, 0.25) is 0 Å². The van der Waals surface area contributed by atoms with Crippen molar-refractivity contribution < 1.29 is 0 Å². The van der Waals surface area contributed by atoms with Crippen LogP contribution in [-0.4, -0.2) is 12.0 Å². The molecule has 2 aromatic rings. The van der Waals surface area contributed by atoms with Crippen LogP contribution in [0.3, 0.4) is 0 Å². The van der Waals surface area contributed by atoms with E-state index in [9.17, 15) is 0 Å². The molecule has 1 aromatic heterocycles. The fourth-order valence-electron chi connectivity index (χ4n) is 2.27. The Kier molecular flexibility index (Phi) is 4.11. The second-order valence-electron chi connectivity index (χ2n) is 4.70. The first-order valence-corrected chi connectivity index (χ1v) is 6.34. The molecule has 2 heteroatoms. The summed E-state index contributed by atoms with van der Waals surface area (Å²) in [6, 6.07) is 11.0. The van der Waals surface area contributed by atoms with Gasteiger partial charge in [0, 0.05) is 18.4 Å². The lowest BCUT2D eigenvalue weighted by atomic mass is 9.94. The van der Waals surface area contributed by atoms with Crippen molar-refractivity contribution in [3.63, 3.8) is 0 Å². The third-order valence-corrected chi connectivity index (χ3v) is 3.53. The topological polar surface area (TPSA) is 24.9 Å². The van der Waals surface area contributed by atoms with E-state index in [-0.39, 0.29) is 0 Å². The van der Waals surface area contributed by atoms with E-state index in [1.54, 1.807) is 0 Å². The molecule has 1 unspecified atom stereocenters.